The smallest absolute Gasteiger partial charge is 0.357 e. The minimum atomic E-state index is -1.28. The van der Waals surface area contributed by atoms with Crippen molar-refractivity contribution >= 4 is 40.7 Å². The van der Waals surface area contributed by atoms with Gasteiger partial charge in [-0.25, -0.2) is 14.5 Å². The van der Waals surface area contributed by atoms with E-state index in [1.54, 1.807) is 29.8 Å². The van der Waals surface area contributed by atoms with Crippen molar-refractivity contribution in [3.05, 3.63) is 86.8 Å². The molecule has 15 heteroatoms. The van der Waals surface area contributed by atoms with E-state index in [0.717, 1.165) is 53.0 Å². The Kier molecular flexibility index (Phi) is 10.8. The molecule has 0 aliphatic carbocycles. The molecule has 254 valence electrons. The van der Waals surface area contributed by atoms with E-state index in [4.69, 9.17) is 18.5 Å². The first-order chi connectivity index (χ1) is 23.0. The van der Waals surface area contributed by atoms with E-state index < -0.39 is 11.5 Å². The standard InChI is InChI=1S/C33H39N7O7S/c1-7-9-14-27-34-31-28(29(33(42)43)35-37(31)5)32(41)39(27)18-22-15-16-24(23(17-22)19-45-8-2)25-12-10-11-13-26(25)38(6)48-47-40(44)30-20(3)21(4)46-36-30/h10-13,15-17,44H,7-9,14,18-19H2,1-6H3,(H,42,43). The molecule has 0 saturated carbocycles. The highest BCUT2D eigenvalue weighted by Gasteiger charge is 2.24. The van der Waals surface area contributed by atoms with Crippen molar-refractivity contribution in [3.8, 4) is 11.1 Å². The van der Waals surface area contributed by atoms with Crippen LogP contribution in [0.1, 0.15) is 65.5 Å². The Morgan fingerprint density at radius 2 is 1.90 bits per heavy atom. The molecule has 14 nitrogen and oxygen atoms in total. The maximum Gasteiger partial charge on any atom is 0.357 e. The predicted octanol–water partition coefficient (Wildman–Crippen LogP) is 5.85. The van der Waals surface area contributed by atoms with Crippen molar-refractivity contribution < 1.29 is 28.7 Å². The van der Waals surface area contributed by atoms with Crippen molar-refractivity contribution in [2.75, 3.05) is 23.2 Å². The van der Waals surface area contributed by atoms with E-state index in [2.05, 4.69) is 17.2 Å². The monoisotopic (exact) mass is 677 g/mol. The molecule has 3 heterocycles. The van der Waals surface area contributed by atoms with Gasteiger partial charge in [-0.1, -0.05) is 60.1 Å². The van der Waals surface area contributed by atoms with E-state index in [1.807, 2.05) is 56.4 Å². The average Bonchev–Trinajstić information content (AvgIpc) is 3.60. The van der Waals surface area contributed by atoms with Crippen molar-refractivity contribution in [1.82, 2.24) is 24.5 Å². The van der Waals surface area contributed by atoms with Crippen LogP contribution in [0, 0.1) is 13.8 Å². The number of nitrogens with zero attached hydrogens (tertiary/aromatic N) is 7. The van der Waals surface area contributed by atoms with Crippen LogP contribution in [0.25, 0.3) is 22.2 Å². The molecule has 0 bridgehead atoms. The number of para-hydroxylation sites is 1. The van der Waals surface area contributed by atoms with Crippen LogP contribution in [0.3, 0.4) is 0 Å². The molecule has 48 heavy (non-hydrogen) atoms. The van der Waals surface area contributed by atoms with Gasteiger partial charge in [-0.15, -0.1) is 0 Å². The van der Waals surface area contributed by atoms with E-state index in [9.17, 15) is 19.9 Å². The van der Waals surface area contributed by atoms with Crippen LogP contribution < -0.4 is 15.1 Å². The molecule has 0 amide bonds. The van der Waals surface area contributed by atoms with Crippen LogP contribution >= 0.6 is 12.2 Å². The molecule has 5 rings (SSSR count). The number of aromatic nitrogens is 5. The van der Waals surface area contributed by atoms with Crippen molar-refractivity contribution in [2.45, 2.75) is 60.1 Å². The number of benzene rings is 2. The fourth-order valence-corrected chi connectivity index (χ4v) is 5.83. The van der Waals surface area contributed by atoms with Crippen LogP contribution in [0.15, 0.2) is 51.8 Å². The van der Waals surface area contributed by atoms with Gasteiger partial charge in [0.15, 0.2) is 11.3 Å². The number of unbranched alkanes of at least 4 members (excludes halogenated alkanes) is 1. The summed E-state index contributed by atoms with van der Waals surface area (Å²) in [5.74, 6) is 0.0217. The van der Waals surface area contributed by atoms with Gasteiger partial charge in [0.25, 0.3) is 5.56 Å². The lowest BCUT2D eigenvalue weighted by Crippen LogP contribution is -2.27. The van der Waals surface area contributed by atoms with Gasteiger partial charge < -0.3 is 14.4 Å². The van der Waals surface area contributed by atoms with Gasteiger partial charge in [0.2, 0.25) is 5.82 Å². The Labute approximate surface area is 281 Å². The number of carbonyl (C=O) groups is 1. The summed E-state index contributed by atoms with van der Waals surface area (Å²) in [4.78, 5) is 30.5. The van der Waals surface area contributed by atoms with Gasteiger partial charge in [-0.3, -0.25) is 18.9 Å². The van der Waals surface area contributed by atoms with Crippen LogP contribution in [0.5, 0.6) is 0 Å². The van der Waals surface area contributed by atoms with Crippen LogP contribution in [-0.4, -0.2) is 54.4 Å². The second kappa shape index (κ2) is 15.0. The third-order valence-electron chi connectivity index (χ3n) is 8.01. The second-order valence-electron chi connectivity index (χ2n) is 11.3. The van der Waals surface area contributed by atoms with Gasteiger partial charge in [0.1, 0.15) is 29.2 Å². The largest absolute Gasteiger partial charge is 0.476 e. The molecular weight excluding hydrogens is 638 g/mol. The molecule has 2 N–H and O–H groups in total. The van der Waals surface area contributed by atoms with Crippen molar-refractivity contribution in [3.63, 3.8) is 0 Å². The lowest BCUT2D eigenvalue weighted by atomic mass is 9.96. The van der Waals surface area contributed by atoms with Crippen LogP contribution in [0.2, 0.25) is 0 Å². The quantitative estimate of drug-likeness (QED) is 0.0771. The molecule has 0 atom stereocenters. The Morgan fingerprint density at radius 3 is 2.58 bits per heavy atom. The molecule has 0 radical (unpaired) electrons. The Morgan fingerprint density at radius 1 is 1.12 bits per heavy atom. The fraction of sp³-hybridized carbons (Fsp3) is 0.364. The summed E-state index contributed by atoms with van der Waals surface area (Å²) in [6, 6.07) is 13.7. The summed E-state index contributed by atoms with van der Waals surface area (Å²) in [7, 11) is 3.40. The SMILES string of the molecule is CCCCc1nc2c(c(C(=O)O)nn2C)c(=O)n1Cc1ccc(-c2ccccc2N(C)SON(O)c2noc(C)c2C)c(COCC)c1. The molecule has 0 unspecified atom stereocenters. The molecule has 2 aromatic carbocycles. The average molecular weight is 678 g/mol. The molecule has 0 saturated heterocycles. The van der Waals surface area contributed by atoms with Crippen molar-refractivity contribution in [2.24, 2.45) is 7.05 Å². The minimum Gasteiger partial charge on any atom is -0.476 e. The molecule has 0 aliphatic rings. The topological polar surface area (TPSA) is 161 Å². The Balaban J connectivity index is 1.50. The Bertz CT molecular complexity index is 1990. The first kappa shape index (κ1) is 34.6. The van der Waals surface area contributed by atoms with Crippen LogP contribution in [0.4, 0.5) is 11.5 Å². The van der Waals surface area contributed by atoms with Gasteiger partial charge >= 0.3 is 5.97 Å². The number of hydrogen-bond donors (Lipinski definition) is 2. The zero-order valence-corrected chi connectivity index (χ0v) is 28.6. The molecule has 5 aromatic rings. The van der Waals surface area contributed by atoms with Crippen molar-refractivity contribution in [1.29, 1.82) is 0 Å². The highest BCUT2D eigenvalue weighted by atomic mass is 32.2. The Hall–Kier alpha value is -4.70. The third-order valence-corrected chi connectivity index (χ3v) is 8.64. The summed E-state index contributed by atoms with van der Waals surface area (Å²) < 4.78 is 21.2. The number of carboxylic acids is 1. The molecule has 0 spiro atoms. The van der Waals surface area contributed by atoms with E-state index in [1.165, 1.54) is 4.68 Å². The normalized spacial score (nSPS) is 11.4. The number of rotatable bonds is 15. The lowest BCUT2D eigenvalue weighted by Gasteiger charge is -2.23. The number of fused-ring (bicyclic) bond motifs is 1. The summed E-state index contributed by atoms with van der Waals surface area (Å²) in [6.45, 7) is 8.50. The molecular formula is C33H39N7O7S. The number of ether oxygens (including phenoxy) is 1. The molecule has 0 fully saturated rings. The van der Waals surface area contributed by atoms with E-state index in [0.29, 0.717) is 42.0 Å². The number of aryl methyl sites for hydroxylation is 3. The summed E-state index contributed by atoms with van der Waals surface area (Å²) in [6.07, 6.45) is 2.27. The minimum absolute atomic E-state index is 0.0108. The first-order valence-corrected chi connectivity index (χ1v) is 16.2. The maximum absolute atomic E-state index is 13.9. The van der Waals surface area contributed by atoms with Gasteiger partial charge in [0.05, 0.1) is 18.8 Å². The van der Waals surface area contributed by atoms with Gasteiger partial charge in [0, 0.05) is 38.2 Å². The number of carboxylic acid groups (broad SMARTS) is 1. The van der Waals surface area contributed by atoms with E-state index in [-0.39, 0.29) is 29.1 Å². The molecule has 3 aromatic heterocycles. The highest BCUT2D eigenvalue weighted by molar-refractivity contribution is 7.96. The summed E-state index contributed by atoms with van der Waals surface area (Å²) in [5.41, 5.74) is 4.48. The lowest BCUT2D eigenvalue weighted by molar-refractivity contribution is 0.0650. The summed E-state index contributed by atoms with van der Waals surface area (Å²) >= 11 is 0.906. The fourth-order valence-electron chi connectivity index (χ4n) is 5.35. The van der Waals surface area contributed by atoms with Gasteiger partial charge in [-0.05, 0) is 49.9 Å². The molecule has 0 aliphatic heterocycles. The van der Waals surface area contributed by atoms with Crippen LogP contribution in [-0.2, 0) is 35.6 Å². The maximum atomic E-state index is 13.9. The first-order valence-electron chi connectivity index (χ1n) is 15.5. The van der Waals surface area contributed by atoms with Gasteiger partial charge in [-0.2, -0.15) is 9.38 Å². The zero-order chi connectivity index (χ0) is 34.5. The number of aromatic carboxylic acids is 1. The highest BCUT2D eigenvalue weighted by Crippen LogP contribution is 2.37. The van der Waals surface area contributed by atoms with E-state index >= 15 is 0 Å². The zero-order valence-electron chi connectivity index (χ0n) is 27.8. The third kappa shape index (κ3) is 7.08. The number of hydrogen-bond acceptors (Lipinski definition) is 12. The number of anilines is 2. The predicted molar refractivity (Wildman–Crippen MR) is 182 cm³/mol. The second-order valence-corrected chi connectivity index (χ2v) is 12.1. The summed E-state index contributed by atoms with van der Waals surface area (Å²) in [5, 5.41) is 28.7.